The molecule has 2 amide bonds. The molecule has 0 aliphatic carbocycles. The summed E-state index contributed by atoms with van der Waals surface area (Å²) < 4.78 is 4.99. The number of amides is 2. The van der Waals surface area contributed by atoms with Crippen LogP contribution in [0.5, 0.6) is 0 Å². The molecule has 1 saturated heterocycles. The molecule has 0 saturated carbocycles. The van der Waals surface area contributed by atoms with Gasteiger partial charge in [0.15, 0.2) is 0 Å². The standard InChI is InChI=1S/C10H15NO5/c1-10(2,3)16-9(15)11-5-6(8(13)14)4-7(11)12/h6H,4-5H2,1-3H3,(H,13,14)/t6-/m0/s1. The molecule has 1 heterocycles. The summed E-state index contributed by atoms with van der Waals surface area (Å²) in [5.41, 5.74) is -0.696. The van der Waals surface area contributed by atoms with Crippen LogP contribution in [0.4, 0.5) is 4.79 Å². The molecule has 0 spiro atoms. The molecule has 0 unspecified atom stereocenters. The first-order valence-electron chi connectivity index (χ1n) is 4.97. The lowest BCUT2D eigenvalue weighted by molar-refractivity contribution is -0.141. The zero-order valence-corrected chi connectivity index (χ0v) is 9.52. The second kappa shape index (κ2) is 4.11. The maximum atomic E-state index is 11.5. The fourth-order valence-corrected chi connectivity index (χ4v) is 1.37. The van der Waals surface area contributed by atoms with Crippen LogP contribution in [0.15, 0.2) is 0 Å². The van der Waals surface area contributed by atoms with E-state index in [9.17, 15) is 14.4 Å². The summed E-state index contributed by atoms with van der Waals surface area (Å²) in [6.45, 7) is 4.93. The fraction of sp³-hybridized carbons (Fsp3) is 0.700. The van der Waals surface area contributed by atoms with Gasteiger partial charge in [-0.2, -0.15) is 0 Å². The number of ether oxygens (including phenoxy) is 1. The highest BCUT2D eigenvalue weighted by molar-refractivity contribution is 5.96. The summed E-state index contributed by atoms with van der Waals surface area (Å²) >= 11 is 0. The number of carbonyl (C=O) groups excluding carboxylic acids is 2. The molecule has 0 aromatic rings. The highest BCUT2D eigenvalue weighted by atomic mass is 16.6. The fourth-order valence-electron chi connectivity index (χ4n) is 1.37. The summed E-state index contributed by atoms with van der Waals surface area (Å²) in [6.07, 6.45) is -0.921. The molecule has 6 heteroatoms. The molecular weight excluding hydrogens is 214 g/mol. The first-order valence-corrected chi connectivity index (χ1v) is 4.97. The van der Waals surface area contributed by atoms with Crippen LogP contribution in [0.25, 0.3) is 0 Å². The Balaban J connectivity index is 2.65. The van der Waals surface area contributed by atoms with Gasteiger partial charge in [-0.3, -0.25) is 9.59 Å². The van der Waals surface area contributed by atoms with Gasteiger partial charge in [-0.1, -0.05) is 0 Å². The molecule has 1 N–H and O–H groups in total. The van der Waals surface area contributed by atoms with Crippen LogP contribution in [-0.2, 0) is 14.3 Å². The number of carboxylic acids is 1. The van der Waals surface area contributed by atoms with Gasteiger partial charge in [0.2, 0.25) is 5.91 Å². The van der Waals surface area contributed by atoms with E-state index in [2.05, 4.69) is 0 Å². The summed E-state index contributed by atoms with van der Waals surface area (Å²) in [5.74, 6) is -2.39. The van der Waals surface area contributed by atoms with Crippen LogP contribution < -0.4 is 0 Å². The summed E-state index contributed by atoms with van der Waals surface area (Å²) in [7, 11) is 0. The summed E-state index contributed by atoms with van der Waals surface area (Å²) in [5, 5.41) is 8.73. The minimum absolute atomic E-state index is 0.108. The molecule has 16 heavy (non-hydrogen) atoms. The number of hydrogen-bond acceptors (Lipinski definition) is 4. The number of carbonyl (C=O) groups is 3. The molecule has 6 nitrogen and oxygen atoms in total. The van der Waals surface area contributed by atoms with Gasteiger partial charge in [0.1, 0.15) is 5.60 Å². The van der Waals surface area contributed by atoms with Crippen LogP contribution in [0.3, 0.4) is 0 Å². The molecule has 1 rings (SSSR count). The third-order valence-corrected chi connectivity index (χ3v) is 2.09. The molecular formula is C10H15NO5. The molecule has 1 fully saturated rings. The van der Waals surface area contributed by atoms with E-state index in [4.69, 9.17) is 9.84 Å². The molecule has 1 aliphatic rings. The highest BCUT2D eigenvalue weighted by Gasteiger charge is 2.39. The Labute approximate surface area is 93.2 Å². The van der Waals surface area contributed by atoms with Crippen LogP contribution in [-0.4, -0.2) is 40.1 Å². The largest absolute Gasteiger partial charge is 0.481 e. The number of carboxylic acid groups (broad SMARTS) is 1. The van der Waals surface area contributed by atoms with Crippen molar-refractivity contribution < 1.29 is 24.2 Å². The quantitative estimate of drug-likeness (QED) is 0.720. The van der Waals surface area contributed by atoms with Crippen LogP contribution in [0.2, 0.25) is 0 Å². The van der Waals surface area contributed by atoms with Crippen LogP contribution in [0.1, 0.15) is 27.2 Å². The van der Waals surface area contributed by atoms with Gasteiger partial charge in [-0.15, -0.1) is 0 Å². The van der Waals surface area contributed by atoms with Crippen LogP contribution >= 0.6 is 0 Å². The molecule has 90 valence electrons. The van der Waals surface area contributed by atoms with Gasteiger partial charge >= 0.3 is 12.1 Å². The van der Waals surface area contributed by atoms with Gasteiger partial charge in [-0.25, -0.2) is 9.69 Å². The highest BCUT2D eigenvalue weighted by Crippen LogP contribution is 2.20. The van der Waals surface area contributed by atoms with Crippen molar-refractivity contribution >= 4 is 18.0 Å². The number of aliphatic carboxylic acids is 1. The molecule has 0 aromatic carbocycles. The smallest absolute Gasteiger partial charge is 0.417 e. The van der Waals surface area contributed by atoms with E-state index in [1.165, 1.54) is 0 Å². The van der Waals surface area contributed by atoms with Gasteiger partial charge in [0, 0.05) is 13.0 Å². The van der Waals surface area contributed by atoms with E-state index < -0.39 is 29.5 Å². The lowest BCUT2D eigenvalue weighted by Crippen LogP contribution is -2.38. The molecule has 1 atom stereocenters. The normalized spacial score (nSPS) is 21.1. The zero-order valence-electron chi connectivity index (χ0n) is 9.52. The zero-order chi connectivity index (χ0) is 12.5. The number of likely N-dealkylation sites (tertiary alicyclic amines) is 1. The molecule has 0 bridgehead atoms. The van der Waals surface area contributed by atoms with Crippen molar-refractivity contribution in [1.82, 2.24) is 4.90 Å². The van der Waals surface area contributed by atoms with Crippen molar-refractivity contribution in [3.05, 3.63) is 0 Å². The Morgan fingerprint density at radius 3 is 2.38 bits per heavy atom. The van der Waals surface area contributed by atoms with Crippen molar-refractivity contribution in [3.8, 4) is 0 Å². The summed E-state index contributed by atoms with van der Waals surface area (Å²) in [4.78, 5) is 34.4. The minimum atomic E-state index is -1.07. The van der Waals surface area contributed by atoms with E-state index in [-0.39, 0.29) is 13.0 Å². The lowest BCUT2D eigenvalue weighted by Gasteiger charge is -2.23. The predicted molar refractivity (Wildman–Crippen MR) is 53.7 cm³/mol. The van der Waals surface area contributed by atoms with Gasteiger partial charge in [-0.05, 0) is 20.8 Å². The average Bonchev–Trinajstić information content (AvgIpc) is 2.44. The number of nitrogens with zero attached hydrogens (tertiary/aromatic N) is 1. The van der Waals surface area contributed by atoms with Gasteiger partial charge in [0.05, 0.1) is 5.92 Å². The van der Waals surface area contributed by atoms with Gasteiger partial charge < -0.3 is 9.84 Å². The van der Waals surface area contributed by atoms with E-state index in [1.54, 1.807) is 20.8 Å². The number of imide groups is 1. The maximum Gasteiger partial charge on any atom is 0.417 e. The second-order valence-electron chi connectivity index (χ2n) is 4.72. The first-order chi connectivity index (χ1) is 7.20. The SMILES string of the molecule is CC(C)(C)OC(=O)N1C[C@@H](C(=O)O)CC1=O. The first kappa shape index (κ1) is 12.5. The molecule has 1 aliphatic heterocycles. The summed E-state index contributed by atoms with van der Waals surface area (Å²) in [6, 6.07) is 0. The average molecular weight is 229 g/mol. The monoisotopic (exact) mass is 229 g/mol. The molecule has 0 aromatic heterocycles. The Hall–Kier alpha value is -1.59. The molecule has 0 radical (unpaired) electrons. The van der Waals surface area contributed by atoms with E-state index >= 15 is 0 Å². The minimum Gasteiger partial charge on any atom is -0.481 e. The Bertz CT molecular complexity index is 331. The van der Waals surface area contributed by atoms with Crippen molar-refractivity contribution in [3.63, 3.8) is 0 Å². The Morgan fingerprint density at radius 2 is 2.00 bits per heavy atom. The van der Waals surface area contributed by atoms with Gasteiger partial charge in [0.25, 0.3) is 0 Å². The third kappa shape index (κ3) is 2.95. The maximum absolute atomic E-state index is 11.5. The van der Waals surface area contributed by atoms with E-state index in [0.29, 0.717) is 0 Å². The third-order valence-electron chi connectivity index (χ3n) is 2.09. The van der Waals surface area contributed by atoms with Crippen molar-refractivity contribution in [2.45, 2.75) is 32.8 Å². The van der Waals surface area contributed by atoms with Crippen molar-refractivity contribution in [2.24, 2.45) is 5.92 Å². The number of hydrogen-bond donors (Lipinski definition) is 1. The predicted octanol–water partition coefficient (Wildman–Crippen LogP) is 0.855. The Morgan fingerprint density at radius 1 is 1.44 bits per heavy atom. The number of rotatable bonds is 1. The van der Waals surface area contributed by atoms with E-state index in [1.807, 2.05) is 0 Å². The topological polar surface area (TPSA) is 83.9 Å². The van der Waals surface area contributed by atoms with Crippen LogP contribution in [0, 0.1) is 5.92 Å². The lowest BCUT2D eigenvalue weighted by atomic mass is 10.1. The van der Waals surface area contributed by atoms with E-state index in [0.717, 1.165) is 4.90 Å². The van der Waals surface area contributed by atoms with Crippen molar-refractivity contribution in [2.75, 3.05) is 6.54 Å². The Kier molecular flexibility index (Phi) is 3.21. The van der Waals surface area contributed by atoms with Crippen molar-refractivity contribution in [1.29, 1.82) is 0 Å². The second-order valence-corrected chi connectivity index (χ2v) is 4.72.